The molecule has 166 valence electrons. The van der Waals surface area contributed by atoms with Crippen molar-refractivity contribution in [3.8, 4) is 11.5 Å². The molecule has 10 heteroatoms. The molecular weight excluding hydrogens is 432 g/mol. The normalized spacial score (nSPS) is 23.1. The first-order valence-corrected chi connectivity index (χ1v) is 11.8. The number of rotatable bonds is 5. The van der Waals surface area contributed by atoms with Crippen molar-refractivity contribution in [3.05, 3.63) is 48.2 Å². The van der Waals surface area contributed by atoms with Gasteiger partial charge in [0.1, 0.15) is 21.7 Å². The van der Waals surface area contributed by atoms with Crippen LogP contribution in [0.4, 0.5) is 4.79 Å². The van der Waals surface area contributed by atoms with Gasteiger partial charge >= 0.3 is 6.03 Å². The zero-order valence-electron chi connectivity index (χ0n) is 17.3. The van der Waals surface area contributed by atoms with Gasteiger partial charge in [-0.3, -0.25) is 15.1 Å². The van der Waals surface area contributed by atoms with E-state index >= 15 is 0 Å². The van der Waals surface area contributed by atoms with Crippen molar-refractivity contribution in [2.24, 2.45) is 5.92 Å². The van der Waals surface area contributed by atoms with Gasteiger partial charge in [0.15, 0.2) is 5.76 Å². The molecule has 2 atom stereocenters. The van der Waals surface area contributed by atoms with Crippen molar-refractivity contribution in [2.45, 2.75) is 36.6 Å². The fourth-order valence-corrected chi connectivity index (χ4v) is 5.51. The maximum Gasteiger partial charge on any atom is 0.322 e. The lowest BCUT2D eigenvalue weighted by atomic mass is 9.96. The zero-order valence-corrected chi connectivity index (χ0v) is 18.2. The molecule has 1 aliphatic carbocycles. The predicted molar refractivity (Wildman–Crippen MR) is 116 cm³/mol. The van der Waals surface area contributed by atoms with E-state index in [4.69, 9.17) is 4.42 Å². The Morgan fingerprint density at radius 2 is 2.06 bits per heavy atom. The number of aromatic nitrogens is 1. The number of carbonyl (C=O) groups is 2. The number of imide groups is 1. The van der Waals surface area contributed by atoms with Crippen LogP contribution in [-0.2, 0) is 14.8 Å². The van der Waals surface area contributed by atoms with Gasteiger partial charge in [-0.1, -0.05) is 11.6 Å². The number of urea groups is 1. The SMILES string of the molecule is Cc1ccc2oc(-c3ccc(S(=O)(=O)NCC4CCC5(C4)NC(=O)NC5=O)cn3)cc2c1. The van der Waals surface area contributed by atoms with Crippen LogP contribution >= 0.6 is 0 Å². The predicted octanol–water partition coefficient (Wildman–Crippen LogP) is 2.46. The molecule has 1 spiro atoms. The first kappa shape index (κ1) is 20.7. The van der Waals surface area contributed by atoms with Gasteiger partial charge in [0.05, 0.1) is 0 Å². The number of aryl methyl sites for hydroxylation is 1. The highest BCUT2D eigenvalue weighted by Crippen LogP contribution is 2.36. The van der Waals surface area contributed by atoms with Crippen molar-refractivity contribution < 1.29 is 22.4 Å². The van der Waals surface area contributed by atoms with E-state index in [2.05, 4.69) is 20.3 Å². The maximum atomic E-state index is 12.7. The standard InChI is InChI=1S/C22H22N4O5S/c1-13-2-5-18-15(8-13)9-19(31-18)17-4-3-16(12-23-17)32(29,30)24-11-14-6-7-22(10-14)20(27)25-21(28)26-22/h2-5,8-9,12,14,24H,6-7,10-11H2,1H3,(H2,25,26,27,28). The summed E-state index contributed by atoms with van der Waals surface area (Å²) in [7, 11) is -3.77. The zero-order chi connectivity index (χ0) is 22.5. The molecule has 1 aliphatic heterocycles. The summed E-state index contributed by atoms with van der Waals surface area (Å²) >= 11 is 0. The van der Waals surface area contributed by atoms with Crippen molar-refractivity contribution in [1.29, 1.82) is 0 Å². The molecule has 1 saturated heterocycles. The summed E-state index contributed by atoms with van der Waals surface area (Å²) in [5.74, 6) is 0.171. The number of sulfonamides is 1. The smallest absolute Gasteiger partial charge is 0.322 e. The molecule has 3 aromatic rings. The summed E-state index contributed by atoms with van der Waals surface area (Å²) in [5, 5.41) is 5.89. The molecule has 2 fully saturated rings. The van der Waals surface area contributed by atoms with Crippen LogP contribution in [0.15, 0.2) is 51.9 Å². The van der Waals surface area contributed by atoms with E-state index in [9.17, 15) is 18.0 Å². The number of amides is 3. The Labute approximate surface area is 184 Å². The van der Waals surface area contributed by atoms with Crippen molar-refractivity contribution >= 4 is 32.9 Å². The van der Waals surface area contributed by atoms with Crippen molar-refractivity contribution in [3.63, 3.8) is 0 Å². The van der Waals surface area contributed by atoms with E-state index in [1.807, 2.05) is 31.2 Å². The third-order valence-corrected chi connectivity index (χ3v) is 7.57. The average molecular weight is 455 g/mol. The molecular formula is C22H22N4O5S. The van der Waals surface area contributed by atoms with Gasteiger partial charge in [0, 0.05) is 18.1 Å². The molecule has 2 unspecified atom stereocenters. The Morgan fingerprint density at radius 3 is 2.78 bits per heavy atom. The number of benzene rings is 1. The molecule has 3 N–H and O–H groups in total. The van der Waals surface area contributed by atoms with E-state index in [-0.39, 0.29) is 23.3 Å². The molecule has 1 saturated carbocycles. The number of nitrogens with one attached hydrogen (secondary N) is 3. The quantitative estimate of drug-likeness (QED) is 0.508. The second-order valence-corrected chi connectivity index (χ2v) is 10.2. The number of carbonyl (C=O) groups excluding carboxylic acids is 2. The van der Waals surface area contributed by atoms with Crippen LogP contribution in [0.2, 0.25) is 0 Å². The third kappa shape index (κ3) is 3.65. The summed E-state index contributed by atoms with van der Waals surface area (Å²) in [4.78, 5) is 27.8. The highest BCUT2D eigenvalue weighted by atomic mass is 32.2. The molecule has 9 nitrogen and oxygen atoms in total. The second-order valence-electron chi connectivity index (χ2n) is 8.48. The molecule has 2 aliphatic rings. The summed E-state index contributed by atoms with van der Waals surface area (Å²) < 4.78 is 33.9. The number of pyridine rings is 1. The van der Waals surface area contributed by atoms with E-state index < -0.39 is 21.6 Å². The van der Waals surface area contributed by atoms with Gasteiger partial charge in [-0.25, -0.2) is 17.9 Å². The van der Waals surface area contributed by atoms with E-state index in [0.717, 1.165) is 16.5 Å². The highest BCUT2D eigenvalue weighted by molar-refractivity contribution is 7.89. The summed E-state index contributed by atoms with van der Waals surface area (Å²) in [6.45, 7) is 2.18. The molecule has 0 bridgehead atoms. The molecule has 5 rings (SSSR count). The van der Waals surface area contributed by atoms with Crippen molar-refractivity contribution in [2.75, 3.05) is 6.54 Å². The number of fused-ring (bicyclic) bond motifs is 1. The number of nitrogens with zero attached hydrogens (tertiary/aromatic N) is 1. The van der Waals surface area contributed by atoms with Crippen LogP contribution < -0.4 is 15.4 Å². The molecule has 3 heterocycles. The lowest BCUT2D eigenvalue weighted by Crippen LogP contribution is -2.44. The minimum atomic E-state index is -3.77. The lowest BCUT2D eigenvalue weighted by molar-refractivity contribution is -0.123. The van der Waals surface area contributed by atoms with Crippen LogP contribution in [0.1, 0.15) is 24.8 Å². The van der Waals surface area contributed by atoms with E-state index in [0.29, 0.717) is 30.7 Å². The fourth-order valence-electron chi connectivity index (χ4n) is 4.45. The van der Waals surface area contributed by atoms with Gasteiger partial charge in [-0.2, -0.15) is 0 Å². The first-order valence-electron chi connectivity index (χ1n) is 10.3. The Balaban J connectivity index is 1.26. The Hall–Kier alpha value is -3.24. The highest BCUT2D eigenvalue weighted by Gasteiger charge is 2.50. The molecule has 0 radical (unpaired) electrons. The fraction of sp³-hybridized carbons (Fsp3) is 0.318. The summed E-state index contributed by atoms with van der Waals surface area (Å²) in [5.41, 5.74) is 1.49. The van der Waals surface area contributed by atoms with E-state index in [1.165, 1.54) is 12.3 Å². The minimum Gasteiger partial charge on any atom is -0.454 e. The average Bonchev–Trinajstić information content (AvgIpc) is 3.44. The molecule has 1 aromatic carbocycles. The first-order chi connectivity index (χ1) is 15.2. The van der Waals surface area contributed by atoms with Crippen LogP contribution in [-0.4, -0.2) is 37.4 Å². The van der Waals surface area contributed by atoms with Crippen LogP contribution in [0.25, 0.3) is 22.4 Å². The molecule has 2 aromatic heterocycles. The molecule has 32 heavy (non-hydrogen) atoms. The van der Waals surface area contributed by atoms with Gasteiger partial charge in [0.25, 0.3) is 5.91 Å². The van der Waals surface area contributed by atoms with Gasteiger partial charge in [-0.05, 0) is 62.4 Å². The molecule has 3 amide bonds. The third-order valence-electron chi connectivity index (χ3n) is 6.16. The number of furan rings is 1. The van der Waals surface area contributed by atoms with Gasteiger partial charge in [0.2, 0.25) is 10.0 Å². The second kappa shape index (κ2) is 7.42. The minimum absolute atomic E-state index is 0.0489. The summed E-state index contributed by atoms with van der Waals surface area (Å²) in [6, 6.07) is 10.4. The van der Waals surface area contributed by atoms with E-state index in [1.54, 1.807) is 6.07 Å². The number of hydrogen-bond acceptors (Lipinski definition) is 6. The maximum absolute atomic E-state index is 12.7. The monoisotopic (exact) mass is 454 g/mol. The topological polar surface area (TPSA) is 130 Å². The Morgan fingerprint density at radius 1 is 1.22 bits per heavy atom. The van der Waals surface area contributed by atoms with Crippen LogP contribution in [0.3, 0.4) is 0 Å². The van der Waals surface area contributed by atoms with Crippen molar-refractivity contribution in [1.82, 2.24) is 20.3 Å². The number of hydrogen-bond donors (Lipinski definition) is 3. The lowest BCUT2D eigenvalue weighted by Gasteiger charge is -2.19. The Bertz CT molecular complexity index is 1330. The van der Waals surface area contributed by atoms with Gasteiger partial charge < -0.3 is 9.73 Å². The van der Waals surface area contributed by atoms with Gasteiger partial charge in [-0.15, -0.1) is 0 Å². The largest absolute Gasteiger partial charge is 0.454 e. The van der Waals surface area contributed by atoms with Crippen LogP contribution in [0, 0.1) is 12.8 Å². The summed E-state index contributed by atoms with van der Waals surface area (Å²) in [6.07, 6.45) is 2.83. The Kier molecular flexibility index (Phi) is 4.79. The van der Waals surface area contributed by atoms with Crippen LogP contribution in [0.5, 0.6) is 0 Å².